The number of benzene rings is 1. The third kappa shape index (κ3) is 3.76. The summed E-state index contributed by atoms with van der Waals surface area (Å²) in [6.07, 6.45) is 1.07. The van der Waals surface area contributed by atoms with Crippen molar-refractivity contribution in [1.82, 2.24) is 4.98 Å². The fourth-order valence-electron chi connectivity index (χ4n) is 2.17. The molecule has 1 amide bonds. The number of thiazole rings is 1. The number of rotatable bonds is 6. The largest absolute Gasteiger partial charge is 0.497 e. The summed E-state index contributed by atoms with van der Waals surface area (Å²) in [5, 5.41) is 3.49. The molecule has 1 N–H and O–H groups in total. The first-order valence-electron chi connectivity index (χ1n) is 7.04. The fraction of sp³-hybridized carbons (Fsp3) is 0.375. The Morgan fingerprint density at radius 2 is 2.09 bits per heavy atom. The van der Waals surface area contributed by atoms with Crippen LogP contribution >= 0.6 is 11.3 Å². The predicted octanol–water partition coefficient (Wildman–Crippen LogP) is 3.21. The van der Waals surface area contributed by atoms with Gasteiger partial charge in [-0.25, -0.2) is 4.98 Å². The summed E-state index contributed by atoms with van der Waals surface area (Å²) in [4.78, 5) is 17.8. The van der Waals surface area contributed by atoms with Gasteiger partial charge >= 0.3 is 0 Å². The molecule has 0 radical (unpaired) electrons. The van der Waals surface area contributed by atoms with Crippen LogP contribution in [-0.2, 0) is 17.6 Å². The molecule has 0 spiro atoms. The van der Waals surface area contributed by atoms with Gasteiger partial charge in [0.1, 0.15) is 11.5 Å². The van der Waals surface area contributed by atoms with Crippen LogP contribution in [0.25, 0.3) is 0 Å². The van der Waals surface area contributed by atoms with Crippen LogP contribution in [0.15, 0.2) is 18.2 Å². The maximum absolute atomic E-state index is 12.2. The molecule has 0 aliphatic heterocycles. The third-order valence-electron chi connectivity index (χ3n) is 3.31. The van der Waals surface area contributed by atoms with Crippen LogP contribution in [0.4, 0.5) is 5.13 Å². The van der Waals surface area contributed by atoms with Crippen LogP contribution in [0.2, 0.25) is 0 Å². The highest BCUT2D eigenvalue weighted by molar-refractivity contribution is 7.15. The number of nitrogens with zero attached hydrogens (tertiary/aromatic N) is 1. The van der Waals surface area contributed by atoms with E-state index in [-0.39, 0.29) is 12.3 Å². The summed E-state index contributed by atoms with van der Waals surface area (Å²) >= 11 is 1.50. The molecule has 1 aromatic carbocycles. The van der Waals surface area contributed by atoms with Crippen molar-refractivity contribution in [1.29, 1.82) is 0 Å². The normalized spacial score (nSPS) is 10.4. The fourth-order valence-corrected chi connectivity index (χ4v) is 3.08. The lowest BCUT2D eigenvalue weighted by Crippen LogP contribution is -2.15. The summed E-state index contributed by atoms with van der Waals surface area (Å²) in [7, 11) is 3.18. The highest BCUT2D eigenvalue weighted by Crippen LogP contribution is 2.26. The first-order valence-corrected chi connectivity index (χ1v) is 7.86. The summed E-state index contributed by atoms with van der Waals surface area (Å²) in [6.45, 7) is 4.06. The van der Waals surface area contributed by atoms with E-state index < -0.39 is 0 Å². The molecule has 5 nitrogen and oxygen atoms in total. The van der Waals surface area contributed by atoms with Crippen molar-refractivity contribution in [3.63, 3.8) is 0 Å². The van der Waals surface area contributed by atoms with Crippen molar-refractivity contribution in [2.75, 3.05) is 19.5 Å². The standard InChI is InChI=1S/C16H20N2O3S/c1-5-13-10(2)22-16(17-13)18-15(19)9-11-8-12(20-3)6-7-14(11)21-4/h6-8H,5,9H2,1-4H3,(H,17,18,19). The average Bonchev–Trinajstić information content (AvgIpc) is 2.86. The average molecular weight is 320 g/mol. The zero-order valence-electron chi connectivity index (χ0n) is 13.2. The summed E-state index contributed by atoms with van der Waals surface area (Å²) in [6, 6.07) is 5.41. The first-order chi connectivity index (χ1) is 10.6. The minimum absolute atomic E-state index is 0.122. The number of hydrogen-bond donors (Lipinski definition) is 1. The number of aryl methyl sites for hydroxylation is 2. The monoisotopic (exact) mass is 320 g/mol. The predicted molar refractivity (Wildman–Crippen MR) is 88.1 cm³/mol. The van der Waals surface area contributed by atoms with Gasteiger partial charge in [-0.15, -0.1) is 11.3 Å². The Hall–Kier alpha value is -2.08. The maximum Gasteiger partial charge on any atom is 0.230 e. The van der Waals surface area contributed by atoms with Crippen LogP contribution in [0.5, 0.6) is 11.5 Å². The molecule has 2 rings (SSSR count). The lowest BCUT2D eigenvalue weighted by Gasteiger charge is -2.10. The van der Waals surface area contributed by atoms with Gasteiger partial charge in [0.2, 0.25) is 5.91 Å². The number of nitrogens with one attached hydrogen (secondary N) is 1. The van der Waals surface area contributed by atoms with Gasteiger partial charge in [0.25, 0.3) is 0 Å². The molecular formula is C16H20N2O3S. The van der Waals surface area contributed by atoms with E-state index >= 15 is 0 Å². The number of hydrogen-bond acceptors (Lipinski definition) is 5. The Kier molecular flexibility index (Phi) is 5.38. The van der Waals surface area contributed by atoms with Gasteiger partial charge in [-0.2, -0.15) is 0 Å². The molecule has 0 atom stereocenters. The summed E-state index contributed by atoms with van der Waals surface area (Å²) < 4.78 is 10.5. The number of ether oxygens (including phenoxy) is 2. The van der Waals surface area contributed by atoms with Gasteiger partial charge < -0.3 is 14.8 Å². The number of methoxy groups -OCH3 is 2. The molecule has 1 heterocycles. The number of carbonyl (C=O) groups is 1. The lowest BCUT2D eigenvalue weighted by molar-refractivity contribution is -0.115. The lowest BCUT2D eigenvalue weighted by atomic mass is 10.1. The topological polar surface area (TPSA) is 60.5 Å². The second-order valence-electron chi connectivity index (χ2n) is 4.78. The van der Waals surface area contributed by atoms with E-state index in [9.17, 15) is 4.79 Å². The Balaban J connectivity index is 2.11. The number of anilines is 1. The maximum atomic E-state index is 12.2. The molecule has 2 aromatic rings. The first kappa shape index (κ1) is 16.3. The Morgan fingerprint density at radius 3 is 2.68 bits per heavy atom. The Morgan fingerprint density at radius 1 is 1.32 bits per heavy atom. The second-order valence-corrected chi connectivity index (χ2v) is 5.98. The van der Waals surface area contributed by atoms with Crippen LogP contribution < -0.4 is 14.8 Å². The van der Waals surface area contributed by atoms with Crippen molar-refractivity contribution in [2.45, 2.75) is 26.7 Å². The molecule has 0 bridgehead atoms. The summed E-state index contributed by atoms with van der Waals surface area (Å²) in [5.41, 5.74) is 1.81. The smallest absolute Gasteiger partial charge is 0.230 e. The van der Waals surface area contributed by atoms with Crippen molar-refractivity contribution in [3.8, 4) is 11.5 Å². The van der Waals surface area contributed by atoms with Crippen molar-refractivity contribution >= 4 is 22.4 Å². The third-order valence-corrected chi connectivity index (χ3v) is 4.24. The van der Waals surface area contributed by atoms with E-state index in [2.05, 4.69) is 17.2 Å². The Labute approximate surface area is 134 Å². The molecule has 0 unspecified atom stereocenters. The van der Waals surface area contributed by atoms with Crippen molar-refractivity contribution < 1.29 is 14.3 Å². The van der Waals surface area contributed by atoms with Crippen molar-refractivity contribution in [2.24, 2.45) is 0 Å². The van der Waals surface area contributed by atoms with E-state index in [0.717, 1.165) is 22.6 Å². The van der Waals surface area contributed by atoms with Crippen LogP contribution in [-0.4, -0.2) is 25.1 Å². The van der Waals surface area contributed by atoms with Gasteiger partial charge in [-0.05, 0) is 31.5 Å². The molecule has 118 valence electrons. The summed E-state index contributed by atoms with van der Waals surface area (Å²) in [5.74, 6) is 1.24. The van der Waals surface area contributed by atoms with Gasteiger partial charge in [-0.1, -0.05) is 6.92 Å². The van der Waals surface area contributed by atoms with Crippen molar-refractivity contribution in [3.05, 3.63) is 34.3 Å². The molecule has 0 saturated heterocycles. The van der Waals surface area contributed by atoms with Crippen LogP contribution in [0.3, 0.4) is 0 Å². The zero-order valence-corrected chi connectivity index (χ0v) is 14.0. The minimum Gasteiger partial charge on any atom is -0.497 e. The number of carbonyl (C=O) groups excluding carboxylic acids is 1. The van der Waals surface area contributed by atoms with E-state index in [1.165, 1.54) is 11.3 Å². The highest BCUT2D eigenvalue weighted by Gasteiger charge is 2.13. The molecule has 0 aliphatic carbocycles. The van der Waals surface area contributed by atoms with Gasteiger partial charge in [0, 0.05) is 10.4 Å². The quantitative estimate of drug-likeness (QED) is 0.888. The van der Waals surface area contributed by atoms with E-state index in [4.69, 9.17) is 9.47 Å². The van der Waals surface area contributed by atoms with Gasteiger partial charge in [0.05, 0.1) is 26.3 Å². The second kappa shape index (κ2) is 7.26. The van der Waals surface area contributed by atoms with E-state index in [1.54, 1.807) is 26.4 Å². The Bertz CT molecular complexity index is 667. The number of aromatic nitrogens is 1. The van der Waals surface area contributed by atoms with Gasteiger partial charge in [0.15, 0.2) is 5.13 Å². The van der Waals surface area contributed by atoms with E-state index in [0.29, 0.717) is 16.6 Å². The SMILES string of the molecule is CCc1nc(NC(=O)Cc2cc(OC)ccc2OC)sc1C. The molecular weight excluding hydrogens is 300 g/mol. The molecule has 6 heteroatoms. The molecule has 0 saturated carbocycles. The van der Waals surface area contributed by atoms with Crippen LogP contribution in [0, 0.1) is 6.92 Å². The zero-order chi connectivity index (χ0) is 16.1. The van der Waals surface area contributed by atoms with Gasteiger partial charge in [-0.3, -0.25) is 4.79 Å². The molecule has 22 heavy (non-hydrogen) atoms. The van der Waals surface area contributed by atoms with Crippen LogP contribution in [0.1, 0.15) is 23.1 Å². The number of amides is 1. The molecule has 0 fully saturated rings. The van der Waals surface area contributed by atoms with E-state index in [1.807, 2.05) is 13.0 Å². The highest BCUT2D eigenvalue weighted by atomic mass is 32.1. The minimum atomic E-state index is -0.122. The molecule has 1 aromatic heterocycles. The molecule has 0 aliphatic rings.